The zero-order chi connectivity index (χ0) is 47.4. The van der Waals surface area contributed by atoms with Crippen molar-refractivity contribution in [3.05, 3.63) is 0 Å². The molecule has 0 aliphatic carbocycles. The molecule has 0 unspecified atom stereocenters. The maximum Gasteiger partial charge on any atom is 0.306 e. The van der Waals surface area contributed by atoms with E-state index < -0.39 is 6.10 Å². The van der Waals surface area contributed by atoms with Gasteiger partial charge in [0.2, 0.25) is 0 Å². The number of carbonyl (C=O) groups excluding carboxylic acids is 3. The molecule has 0 heterocycles. The van der Waals surface area contributed by atoms with Gasteiger partial charge in [-0.25, -0.2) is 0 Å². The van der Waals surface area contributed by atoms with Gasteiger partial charge in [0.25, 0.3) is 0 Å². The van der Waals surface area contributed by atoms with Crippen molar-refractivity contribution in [1.82, 2.24) is 0 Å². The van der Waals surface area contributed by atoms with Crippen LogP contribution in [0.1, 0.15) is 336 Å². The first-order chi connectivity index (χ1) is 31.9. The van der Waals surface area contributed by atoms with E-state index in [0.717, 1.165) is 63.7 Å². The van der Waals surface area contributed by atoms with Crippen molar-refractivity contribution >= 4 is 17.9 Å². The van der Waals surface area contributed by atoms with E-state index in [9.17, 15) is 14.4 Å². The maximum absolute atomic E-state index is 12.9. The minimum atomic E-state index is -0.762. The summed E-state index contributed by atoms with van der Waals surface area (Å²) in [6, 6.07) is 0. The summed E-state index contributed by atoms with van der Waals surface area (Å²) in [5.41, 5.74) is 0. The summed E-state index contributed by atoms with van der Waals surface area (Å²) in [5.74, 6) is -0.0166. The van der Waals surface area contributed by atoms with Gasteiger partial charge in [0.05, 0.1) is 0 Å². The highest BCUT2D eigenvalue weighted by molar-refractivity contribution is 5.71. The van der Waals surface area contributed by atoms with Crippen molar-refractivity contribution in [1.29, 1.82) is 0 Å². The van der Waals surface area contributed by atoms with Gasteiger partial charge in [-0.3, -0.25) is 14.4 Å². The molecule has 0 saturated carbocycles. The van der Waals surface area contributed by atoms with E-state index in [1.807, 2.05) is 0 Å². The Kier molecular flexibility index (Phi) is 52.1. The third-order valence-electron chi connectivity index (χ3n) is 13.5. The summed E-state index contributed by atoms with van der Waals surface area (Å²) >= 11 is 0. The highest BCUT2D eigenvalue weighted by atomic mass is 16.6. The molecule has 0 rings (SSSR count). The fourth-order valence-electron chi connectivity index (χ4n) is 9.10. The molecule has 0 aliphatic heterocycles. The smallest absolute Gasteiger partial charge is 0.306 e. The minimum absolute atomic E-state index is 0.0619. The fourth-order valence-corrected chi connectivity index (χ4v) is 9.10. The van der Waals surface area contributed by atoms with E-state index in [-0.39, 0.29) is 31.1 Å². The maximum atomic E-state index is 12.9. The van der Waals surface area contributed by atoms with Crippen LogP contribution in [0, 0.1) is 5.92 Å². The summed E-state index contributed by atoms with van der Waals surface area (Å²) in [7, 11) is 0. The lowest BCUT2D eigenvalue weighted by molar-refractivity contribution is -0.167. The largest absolute Gasteiger partial charge is 0.462 e. The predicted molar refractivity (Wildman–Crippen MR) is 280 cm³/mol. The second-order valence-corrected chi connectivity index (χ2v) is 20.8. The van der Waals surface area contributed by atoms with E-state index in [1.54, 1.807) is 0 Å². The van der Waals surface area contributed by atoms with Crippen LogP contribution in [0.5, 0.6) is 0 Å². The summed E-state index contributed by atoms with van der Waals surface area (Å²) in [5, 5.41) is 0. The summed E-state index contributed by atoms with van der Waals surface area (Å²) < 4.78 is 16.9. The van der Waals surface area contributed by atoms with E-state index in [0.29, 0.717) is 19.3 Å². The van der Waals surface area contributed by atoms with Gasteiger partial charge in [-0.05, 0) is 25.2 Å². The minimum Gasteiger partial charge on any atom is -0.462 e. The Morgan fingerprint density at radius 1 is 0.292 bits per heavy atom. The Morgan fingerprint density at radius 3 is 0.754 bits per heavy atom. The molecule has 1 atom stereocenters. The molecule has 0 aromatic heterocycles. The van der Waals surface area contributed by atoms with Crippen LogP contribution in [0.3, 0.4) is 0 Å². The van der Waals surface area contributed by atoms with Gasteiger partial charge >= 0.3 is 17.9 Å². The van der Waals surface area contributed by atoms with Gasteiger partial charge in [0.15, 0.2) is 6.10 Å². The quantitative estimate of drug-likeness (QED) is 0.0344. The molecule has 0 N–H and O–H groups in total. The van der Waals surface area contributed by atoms with Gasteiger partial charge in [0.1, 0.15) is 13.2 Å². The average Bonchev–Trinajstić information content (AvgIpc) is 3.29. The fraction of sp³-hybridized carbons (Fsp3) is 0.949. The van der Waals surface area contributed by atoms with E-state index >= 15 is 0 Å². The number of rotatable bonds is 54. The molecule has 0 bridgehead atoms. The lowest BCUT2D eigenvalue weighted by Crippen LogP contribution is -2.30. The molecular weight excluding hydrogens is 805 g/mol. The highest BCUT2D eigenvalue weighted by Gasteiger charge is 2.19. The van der Waals surface area contributed by atoms with Crippen molar-refractivity contribution in [2.24, 2.45) is 5.92 Å². The highest BCUT2D eigenvalue weighted by Crippen LogP contribution is 2.18. The Bertz CT molecular complexity index is 980. The molecule has 0 amide bonds. The lowest BCUT2D eigenvalue weighted by atomic mass is 10.0. The van der Waals surface area contributed by atoms with Gasteiger partial charge in [0, 0.05) is 19.3 Å². The van der Waals surface area contributed by atoms with Crippen molar-refractivity contribution in [2.75, 3.05) is 13.2 Å². The van der Waals surface area contributed by atoms with E-state index in [4.69, 9.17) is 14.2 Å². The second-order valence-electron chi connectivity index (χ2n) is 20.8. The van der Waals surface area contributed by atoms with Crippen molar-refractivity contribution in [3.63, 3.8) is 0 Å². The third kappa shape index (κ3) is 53.2. The van der Waals surface area contributed by atoms with Crippen LogP contribution in [0.4, 0.5) is 0 Å². The van der Waals surface area contributed by atoms with E-state index in [2.05, 4.69) is 27.7 Å². The van der Waals surface area contributed by atoms with Gasteiger partial charge < -0.3 is 14.2 Å². The number of carbonyl (C=O) groups is 3. The Balaban J connectivity index is 4.28. The van der Waals surface area contributed by atoms with Crippen molar-refractivity contribution in [2.45, 2.75) is 342 Å². The van der Waals surface area contributed by atoms with Crippen molar-refractivity contribution in [3.8, 4) is 0 Å². The molecule has 6 heteroatoms. The van der Waals surface area contributed by atoms with Crippen LogP contribution in [0.25, 0.3) is 0 Å². The van der Waals surface area contributed by atoms with E-state index in [1.165, 1.54) is 231 Å². The molecule has 386 valence electrons. The first kappa shape index (κ1) is 63.4. The first-order valence-corrected chi connectivity index (χ1v) is 29.4. The predicted octanol–water partition coefficient (Wildman–Crippen LogP) is 19.4. The van der Waals surface area contributed by atoms with Crippen LogP contribution >= 0.6 is 0 Å². The van der Waals surface area contributed by atoms with Crippen LogP contribution < -0.4 is 0 Å². The van der Waals surface area contributed by atoms with Gasteiger partial charge in [-0.15, -0.1) is 0 Å². The number of hydrogen-bond donors (Lipinski definition) is 0. The zero-order valence-electron chi connectivity index (χ0n) is 44.5. The monoisotopic (exact) mass is 919 g/mol. The summed E-state index contributed by atoms with van der Waals surface area (Å²) in [4.78, 5) is 38.1. The molecule has 0 fully saturated rings. The topological polar surface area (TPSA) is 78.9 Å². The first-order valence-electron chi connectivity index (χ1n) is 29.4. The molecule has 0 aromatic rings. The van der Waals surface area contributed by atoms with Crippen molar-refractivity contribution < 1.29 is 28.6 Å². The molecule has 6 nitrogen and oxygen atoms in total. The summed E-state index contributed by atoms with van der Waals surface area (Å²) in [6.07, 6.45) is 58.1. The molecule has 65 heavy (non-hydrogen) atoms. The van der Waals surface area contributed by atoms with Gasteiger partial charge in [-0.2, -0.15) is 0 Å². The number of hydrogen-bond acceptors (Lipinski definition) is 6. The van der Waals surface area contributed by atoms with Gasteiger partial charge in [-0.1, -0.05) is 297 Å². The van der Waals surface area contributed by atoms with Crippen LogP contribution in [0.2, 0.25) is 0 Å². The lowest BCUT2D eigenvalue weighted by Gasteiger charge is -2.18. The average molecular weight is 920 g/mol. The third-order valence-corrected chi connectivity index (χ3v) is 13.5. The molecule has 0 spiro atoms. The molecule has 0 radical (unpaired) electrons. The zero-order valence-corrected chi connectivity index (χ0v) is 44.5. The molecule has 0 aromatic carbocycles. The van der Waals surface area contributed by atoms with Crippen LogP contribution in [0.15, 0.2) is 0 Å². The Labute approximate surface area is 406 Å². The molecular formula is C59H114O6. The summed E-state index contributed by atoms with van der Waals surface area (Å²) in [6.45, 7) is 9.05. The normalized spacial score (nSPS) is 12.0. The second kappa shape index (κ2) is 53.4. The number of unbranched alkanes of at least 4 members (excludes halogenated alkanes) is 41. The van der Waals surface area contributed by atoms with Crippen LogP contribution in [-0.2, 0) is 28.6 Å². The molecule has 0 aliphatic rings. The Morgan fingerprint density at radius 2 is 0.508 bits per heavy atom. The number of ether oxygens (including phenoxy) is 3. The SMILES string of the molecule is CCCCCCCCCCCCCCCCCCCC(=O)OC[C@@H](COC(=O)CCCCCCCCCCCCC(C)C)OC(=O)CCCCCCCCCCCCCCCCCCC. The standard InChI is InChI=1S/C59H114O6/c1-5-7-9-11-13-15-17-19-21-23-25-27-29-34-38-42-46-50-57(60)63-53-56(54-64-58(61)51-47-43-39-35-32-31-33-37-41-45-49-55(3)4)65-59(62)52-48-44-40-36-30-28-26-24-22-20-18-16-14-12-10-8-6-2/h55-56H,5-54H2,1-4H3/t56-/m0/s1. The molecule has 0 saturated heterocycles. The number of esters is 3. The Hall–Kier alpha value is -1.59. The van der Waals surface area contributed by atoms with Crippen LogP contribution in [-0.4, -0.2) is 37.2 Å².